The van der Waals surface area contributed by atoms with Gasteiger partial charge in [0.1, 0.15) is 0 Å². The Morgan fingerprint density at radius 2 is 1.78 bits per heavy atom. The van der Waals surface area contributed by atoms with Crippen LogP contribution in [0.1, 0.15) is 25.7 Å². The molecule has 18 heavy (non-hydrogen) atoms. The molecule has 2 aliphatic rings. The molecule has 0 spiro atoms. The van der Waals surface area contributed by atoms with Crippen LogP contribution in [0.25, 0.3) is 0 Å². The van der Waals surface area contributed by atoms with E-state index in [2.05, 4.69) is 17.3 Å². The highest BCUT2D eigenvalue weighted by Crippen LogP contribution is 2.29. The van der Waals surface area contributed by atoms with Gasteiger partial charge in [0.15, 0.2) is 0 Å². The summed E-state index contributed by atoms with van der Waals surface area (Å²) in [6.07, 6.45) is 3.63. The normalized spacial score (nSPS) is 34.6. The van der Waals surface area contributed by atoms with Crippen molar-refractivity contribution < 1.29 is 4.79 Å². The van der Waals surface area contributed by atoms with Crippen molar-refractivity contribution in [2.75, 3.05) is 40.3 Å². The molecule has 0 radical (unpaired) electrons. The Bertz CT molecular complexity index is 291. The molecule has 1 amide bonds. The first-order valence-corrected chi connectivity index (χ1v) is 7.00. The van der Waals surface area contributed by atoms with Gasteiger partial charge < -0.3 is 20.9 Å². The van der Waals surface area contributed by atoms with Gasteiger partial charge in [-0.2, -0.15) is 0 Å². The molecule has 104 valence electrons. The van der Waals surface area contributed by atoms with Crippen LogP contribution in [0.15, 0.2) is 0 Å². The lowest BCUT2D eigenvalue weighted by Gasteiger charge is -2.43. The zero-order chi connectivity index (χ0) is 13.2. The molecular formula is C13H26N4O. The van der Waals surface area contributed by atoms with Gasteiger partial charge >= 0.3 is 0 Å². The van der Waals surface area contributed by atoms with E-state index in [4.69, 9.17) is 5.73 Å². The maximum atomic E-state index is 12.7. The van der Waals surface area contributed by atoms with Crippen molar-refractivity contribution in [2.45, 2.75) is 37.3 Å². The summed E-state index contributed by atoms with van der Waals surface area (Å²) in [5.41, 5.74) is 5.59. The van der Waals surface area contributed by atoms with E-state index in [1.54, 1.807) is 0 Å². The third-order valence-electron chi connectivity index (χ3n) is 4.56. The van der Waals surface area contributed by atoms with Crippen molar-refractivity contribution in [3.05, 3.63) is 0 Å². The molecule has 0 unspecified atom stereocenters. The second-order valence-corrected chi connectivity index (χ2v) is 5.77. The fraction of sp³-hybridized carbons (Fsp3) is 0.923. The topological polar surface area (TPSA) is 61.6 Å². The number of piperazine rings is 1. The lowest BCUT2D eigenvalue weighted by molar-refractivity contribution is -0.141. The minimum absolute atomic E-state index is 0.270. The predicted molar refractivity (Wildman–Crippen MR) is 72.3 cm³/mol. The van der Waals surface area contributed by atoms with E-state index in [-0.39, 0.29) is 17.5 Å². The van der Waals surface area contributed by atoms with Gasteiger partial charge in [0.2, 0.25) is 5.91 Å². The summed E-state index contributed by atoms with van der Waals surface area (Å²) in [7, 11) is 4.01. The first-order chi connectivity index (χ1) is 8.57. The summed E-state index contributed by atoms with van der Waals surface area (Å²) in [6, 6.07) is 0.270. The highest BCUT2D eigenvalue weighted by Gasteiger charge is 2.42. The average Bonchev–Trinajstić information content (AvgIpc) is 2.40. The molecule has 0 bridgehead atoms. The van der Waals surface area contributed by atoms with Crippen LogP contribution in [0.3, 0.4) is 0 Å². The second kappa shape index (κ2) is 5.55. The van der Waals surface area contributed by atoms with Crippen LogP contribution in [-0.2, 0) is 4.79 Å². The Balaban J connectivity index is 2.01. The maximum absolute atomic E-state index is 12.7. The maximum Gasteiger partial charge on any atom is 0.242 e. The third kappa shape index (κ3) is 2.68. The summed E-state index contributed by atoms with van der Waals surface area (Å²) < 4.78 is 0. The number of rotatable bonds is 2. The number of likely N-dealkylation sites (N-methyl/N-ethyl adjacent to an activating group) is 2. The smallest absolute Gasteiger partial charge is 0.242 e. The number of carbonyl (C=O) groups is 1. The van der Waals surface area contributed by atoms with Crippen LogP contribution in [-0.4, -0.2) is 67.6 Å². The second-order valence-electron chi connectivity index (χ2n) is 5.77. The Labute approximate surface area is 110 Å². The number of nitrogens with two attached hydrogens (primary N) is 1. The van der Waals surface area contributed by atoms with Crippen molar-refractivity contribution in [3.8, 4) is 0 Å². The summed E-state index contributed by atoms with van der Waals surface area (Å²) >= 11 is 0. The lowest BCUT2D eigenvalue weighted by Crippen LogP contribution is -2.62. The molecule has 0 aromatic carbocycles. The fourth-order valence-corrected chi connectivity index (χ4v) is 3.02. The van der Waals surface area contributed by atoms with Gasteiger partial charge in [0, 0.05) is 32.2 Å². The molecule has 1 heterocycles. The van der Waals surface area contributed by atoms with E-state index in [1.807, 2.05) is 11.9 Å². The van der Waals surface area contributed by atoms with Gasteiger partial charge in [-0.3, -0.25) is 4.79 Å². The SMILES string of the molecule is CNC1(C(=O)N2CCN(C)CC2)CCC(N)CC1. The molecule has 1 aliphatic heterocycles. The molecule has 0 aromatic heterocycles. The third-order valence-corrected chi connectivity index (χ3v) is 4.56. The predicted octanol–water partition coefficient (Wildman–Crippen LogP) is -0.380. The molecule has 2 fully saturated rings. The number of carbonyl (C=O) groups excluding carboxylic acids is 1. The number of nitrogens with one attached hydrogen (secondary N) is 1. The molecule has 0 atom stereocenters. The van der Waals surface area contributed by atoms with Gasteiger partial charge in [-0.1, -0.05) is 0 Å². The van der Waals surface area contributed by atoms with Crippen molar-refractivity contribution in [1.29, 1.82) is 0 Å². The summed E-state index contributed by atoms with van der Waals surface area (Å²) in [5.74, 6) is 0.282. The summed E-state index contributed by atoms with van der Waals surface area (Å²) in [4.78, 5) is 17.0. The number of nitrogens with zero attached hydrogens (tertiary/aromatic N) is 2. The van der Waals surface area contributed by atoms with Crippen LogP contribution >= 0.6 is 0 Å². The Morgan fingerprint density at radius 1 is 1.22 bits per heavy atom. The number of hydrogen-bond donors (Lipinski definition) is 2. The number of amides is 1. The average molecular weight is 254 g/mol. The monoisotopic (exact) mass is 254 g/mol. The molecule has 1 saturated heterocycles. The van der Waals surface area contributed by atoms with Crippen molar-refractivity contribution >= 4 is 5.91 Å². The zero-order valence-electron chi connectivity index (χ0n) is 11.6. The van der Waals surface area contributed by atoms with E-state index in [9.17, 15) is 4.79 Å². The Morgan fingerprint density at radius 3 is 2.28 bits per heavy atom. The van der Waals surface area contributed by atoms with Crippen LogP contribution in [0.2, 0.25) is 0 Å². The Kier molecular flexibility index (Phi) is 4.25. The molecule has 2 rings (SSSR count). The van der Waals surface area contributed by atoms with Crippen LogP contribution in [0.4, 0.5) is 0 Å². The van der Waals surface area contributed by atoms with Gasteiger partial charge in [0.25, 0.3) is 0 Å². The standard InChI is InChI=1S/C13H26N4O/c1-15-13(5-3-11(14)4-6-13)12(18)17-9-7-16(2)8-10-17/h11,15H,3-10,14H2,1-2H3. The van der Waals surface area contributed by atoms with Gasteiger partial charge in [0.05, 0.1) is 5.54 Å². The van der Waals surface area contributed by atoms with E-state index < -0.39 is 0 Å². The minimum atomic E-state index is -0.355. The van der Waals surface area contributed by atoms with Gasteiger partial charge in [-0.05, 0) is 39.8 Å². The molecule has 5 nitrogen and oxygen atoms in total. The van der Waals surface area contributed by atoms with Crippen LogP contribution < -0.4 is 11.1 Å². The first-order valence-electron chi connectivity index (χ1n) is 7.00. The molecule has 5 heteroatoms. The quantitative estimate of drug-likeness (QED) is 0.705. The summed E-state index contributed by atoms with van der Waals surface area (Å²) in [6.45, 7) is 3.66. The largest absolute Gasteiger partial charge is 0.339 e. The molecule has 1 aliphatic carbocycles. The molecular weight excluding hydrogens is 228 g/mol. The zero-order valence-corrected chi connectivity index (χ0v) is 11.6. The highest BCUT2D eigenvalue weighted by molar-refractivity contribution is 5.86. The highest BCUT2D eigenvalue weighted by atomic mass is 16.2. The van der Waals surface area contributed by atoms with Gasteiger partial charge in [-0.15, -0.1) is 0 Å². The van der Waals surface area contributed by atoms with Crippen molar-refractivity contribution in [3.63, 3.8) is 0 Å². The van der Waals surface area contributed by atoms with E-state index in [0.29, 0.717) is 0 Å². The fourth-order valence-electron chi connectivity index (χ4n) is 3.02. The molecule has 1 saturated carbocycles. The Hall–Kier alpha value is -0.650. The van der Waals surface area contributed by atoms with Crippen LogP contribution in [0, 0.1) is 0 Å². The lowest BCUT2D eigenvalue weighted by atomic mass is 9.78. The molecule has 3 N–H and O–H groups in total. The van der Waals surface area contributed by atoms with E-state index >= 15 is 0 Å². The van der Waals surface area contributed by atoms with Crippen LogP contribution in [0.5, 0.6) is 0 Å². The minimum Gasteiger partial charge on any atom is -0.339 e. The van der Waals surface area contributed by atoms with E-state index in [1.165, 1.54) is 0 Å². The first kappa shape index (κ1) is 13.8. The van der Waals surface area contributed by atoms with Crippen molar-refractivity contribution in [2.24, 2.45) is 5.73 Å². The summed E-state index contributed by atoms with van der Waals surface area (Å²) in [5, 5.41) is 3.29. The van der Waals surface area contributed by atoms with Crippen molar-refractivity contribution in [1.82, 2.24) is 15.1 Å². The van der Waals surface area contributed by atoms with Gasteiger partial charge in [-0.25, -0.2) is 0 Å². The molecule has 0 aromatic rings. The number of hydrogen-bond acceptors (Lipinski definition) is 4. The van der Waals surface area contributed by atoms with E-state index in [0.717, 1.165) is 51.9 Å².